The second-order valence-corrected chi connectivity index (χ2v) is 7.27. The number of hydrogen-bond donors (Lipinski definition) is 3. The minimum Gasteiger partial charge on any atom is -0.463 e. The van der Waals surface area contributed by atoms with Crippen molar-refractivity contribution < 1.29 is 9.52 Å². The van der Waals surface area contributed by atoms with Crippen molar-refractivity contribution in [3.8, 4) is 0 Å². The summed E-state index contributed by atoms with van der Waals surface area (Å²) in [5.74, 6) is 1.96. The number of nitrogens with zero attached hydrogens (tertiary/aromatic N) is 2. The van der Waals surface area contributed by atoms with Crippen molar-refractivity contribution in [1.29, 1.82) is 0 Å². The standard InChI is InChI=1S/C17H26N4O2S.HI/c1-6-18-16(19-9-15-21-12(3)13(4)24-15)20-10-17(5,22)14-8-7-11(2)23-14;/h7-8,22H,6,9-10H2,1-5H3,(H2,18,19,20);1H. The highest BCUT2D eigenvalue weighted by molar-refractivity contribution is 14.0. The van der Waals surface area contributed by atoms with Crippen molar-refractivity contribution in [2.45, 2.75) is 46.8 Å². The van der Waals surface area contributed by atoms with Gasteiger partial charge in [0.05, 0.1) is 18.8 Å². The van der Waals surface area contributed by atoms with Gasteiger partial charge in [-0.25, -0.2) is 9.98 Å². The molecule has 2 rings (SSSR count). The Morgan fingerprint density at radius 2 is 2.04 bits per heavy atom. The van der Waals surface area contributed by atoms with Crippen LogP contribution in [0.1, 0.15) is 40.9 Å². The molecular formula is C17H27IN4O2S. The largest absolute Gasteiger partial charge is 0.463 e. The van der Waals surface area contributed by atoms with E-state index in [2.05, 4.69) is 27.5 Å². The minimum absolute atomic E-state index is 0. The normalized spacial score (nSPS) is 13.9. The predicted octanol–water partition coefficient (Wildman–Crippen LogP) is 3.24. The lowest BCUT2D eigenvalue weighted by Gasteiger charge is -2.22. The zero-order chi connectivity index (χ0) is 17.7. The number of guanidine groups is 1. The van der Waals surface area contributed by atoms with E-state index in [4.69, 9.17) is 4.42 Å². The molecule has 140 valence electrons. The van der Waals surface area contributed by atoms with Gasteiger partial charge in [0.1, 0.15) is 22.1 Å². The van der Waals surface area contributed by atoms with Crippen LogP contribution in [0.4, 0.5) is 0 Å². The highest BCUT2D eigenvalue weighted by atomic mass is 127. The molecule has 1 atom stereocenters. The third-order valence-corrected chi connectivity index (χ3v) is 4.72. The fourth-order valence-electron chi connectivity index (χ4n) is 2.16. The molecule has 25 heavy (non-hydrogen) atoms. The number of furan rings is 1. The van der Waals surface area contributed by atoms with Crippen molar-refractivity contribution >= 4 is 41.3 Å². The third kappa shape index (κ3) is 6.27. The van der Waals surface area contributed by atoms with Gasteiger partial charge in [0, 0.05) is 11.4 Å². The molecule has 0 bridgehead atoms. The van der Waals surface area contributed by atoms with E-state index >= 15 is 0 Å². The smallest absolute Gasteiger partial charge is 0.191 e. The second kappa shape index (κ2) is 9.54. The Balaban J connectivity index is 0.00000312. The molecule has 6 nitrogen and oxygen atoms in total. The summed E-state index contributed by atoms with van der Waals surface area (Å²) >= 11 is 1.66. The molecule has 0 aromatic carbocycles. The van der Waals surface area contributed by atoms with E-state index in [9.17, 15) is 5.11 Å². The van der Waals surface area contributed by atoms with E-state index in [-0.39, 0.29) is 24.0 Å². The lowest BCUT2D eigenvalue weighted by atomic mass is 10.0. The number of aryl methyl sites for hydroxylation is 3. The Morgan fingerprint density at radius 1 is 1.32 bits per heavy atom. The summed E-state index contributed by atoms with van der Waals surface area (Å²) in [7, 11) is 0. The van der Waals surface area contributed by atoms with Crippen LogP contribution in [-0.4, -0.2) is 29.1 Å². The van der Waals surface area contributed by atoms with Crippen molar-refractivity contribution in [3.63, 3.8) is 0 Å². The van der Waals surface area contributed by atoms with Gasteiger partial charge in [-0.3, -0.25) is 0 Å². The monoisotopic (exact) mass is 478 g/mol. The number of aromatic nitrogens is 1. The van der Waals surface area contributed by atoms with Crippen LogP contribution in [0.25, 0.3) is 0 Å². The van der Waals surface area contributed by atoms with Crippen LogP contribution in [0, 0.1) is 20.8 Å². The molecule has 1 unspecified atom stereocenters. The molecule has 0 saturated heterocycles. The Morgan fingerprint density at radius 3 is 2.56 bits per heavy atom. The number of aliphatic imine (C=N–C) groups is 1. The Bertz CT molecular complexity index is 690. The zero-order valence-electron chi connectivity index (χ0n) is 15.3. The van der Waals surface area contributed by atoms with Gasteiger partial charge >= 0.3 is 0 Å². The van der Waals surface area contributed by atoms with Gasteiger partial charge in [0.2, 0.25) is 0 Å². The van der Waals surface area contributed by atoms with Crippen LogP contribution in [-0.2, 0) is 12.1 Å². The number of thiazole rings is 1. The lowest BCUT2D eigenvalue weighted by Crippen LogP contribution is -2.44. The minimum atomic E-state index is -1.11. The van der Waals surface area contributed by atoms with Crippen LogP contribution in [0.5, 0.6) is 0 Å². The average Bonchev–Trinajstić information content (AvgIpc) is 3.09. The summed E-state index contributed by atoms with van der Waals surface area (Å²) in [6.07, 6.45) is 0. The Kier molecular flexibility index (Phi) is 8.36. The topological polar surface area (TPSA) is 82.7 Å². The summed E-state index contributed by atoms with van der Waals surface area (Å²) in [5, 5.41) is 17.9. The molecule has 0 saturated carbocycles. The molecule has 0 aliphatic carbocycles. The van der Waals surface area contributed by atoms with Gasteiger partial charge < -0.3 is 20.2 Å². The molecule has 0 spiro atoms. The number of rotatable bonds is 6. The molecule has 0 fully saturated rings. The molecule has 8 heteroatoms. The van der Waals surface area contributed by atoms with E-state index in [1.165, 1.54) is 4.88 Å². The molecular weight excluding hydrogens is 451 g/mol. The van der Waals surface area contributed by atoms with Crippen LogP contribution in [0.3, 0.4) is 0 Å². The number of halogens is 1. The quantitative estimate of drug-likeness (QED) is 0.338. The van der Waals surface area contributed by atoms with Gasteiger partial charge in [-0.15, -0.1) is 35.3 Å². The number of hydrogen-bond acceptors (Lipinski definition) is 5. The molecule has 2 aromatic heterocycles. The van der Waals surface area contributed by atoms with Crippen molar-refractivity contribution in [2.75, 3.05) is 13.1 Å². The molecule has 0 amide bonds. The summed E-state index contributed by atoms with van der Waals surface area (Å²) in [6, 6.07) is 3.64. The van der Waals surface area contributed by atoms with Gasteiger partial charge in [-0.1, -0.05) is 0 Å². The molecule has 3 N–H and O–H groups in total. The van der Waals surface area contributed by atoms with Crippen LogP contribution in [0.2, 0.25) is 0 Å². The SMILES string of the molecule is CCNC(=NCc1nc(C)c(C)s1)NCC(C)(O)c1ccc(C)o1.I. The second-order valence-electron chi connectivity index (χ2n) is 5.98. The zero-order valence-corrected chi connectivity index (χ0v) is 18.5. The maximum atomic E-state index is 10.6. The highest BCUT2D eigenvalue weighted by Gasteiger charge is 2.27. The van der Waals surface area contributed by atoms with E-state index in [0.29, 0.717) is 24.8 Å². The summed E-state index contributed by atoms with van der Waals surface area (Å²) in [4.78, 5) is 10.3. The summed E-state index contributed by atoms with van der Waals surface area (Å²) in [6.45, 7) is 11.2. The van der Waals surface area contributed by atoms with Crippen molar-refractivity contribution in [1.82, 2.24) is 15.6 Å². The van der Waals surface area contributed by atoms with Crippen LogP contribution < -0.4 is 10.6 Å². The number of nitrogens with one attached hydrogen (secondary N) is 2. The average molecular weight is 478 g/mol. The lowest BCUT2D eigenvalue weighted by molar-refractivity contribution is 0.0378. The van der Waals surface area contributed by atoms with E-state index in [1.807, 2.05) is 26.8 Å². The van der Waals surface area contributed by atoms with Gasteiger partial charge in [0.15, 0.2) is 5.96 Å². The first-order chi connectivity index (χ1) is 11.3. The molecule has 0 radical (unpaired) electrons. The molecule has 0 aliphatic rings. The van der Waals surface area contributed by atoms with Crippen molar-refractivity contribution in [3.05, 3.63) is 39.2 Å². The maximum absolute atomic E-state index is 10.6. The third-order valence-electron chi connectivity index (χ3n) is 3.66. The highest BCUT2D eigenvalue weighted by Crippen LogP contribution is 2.22. The van der Waals surface area contributed by atoms with Gasteiger partial charge in [0.25, 0.3) is 0 Å². The fraction of sp³-hybridized carbons (Fsp3) is 0.529. The van der Waals surface area contributed by atoms with E-state index < -0.39 is 5.60 Å². The predicted molar refractivity (Wildman–Crippen MR) is 113 cm³/mol. The van der Waals surface area contributed by atoms with Crippen LogP contribution >= 0.6 is 35.3 Å². The van der Waals surface area contributed by atoms with Crippen LogP contribution in [0.15, 0.2) is 21.5 Å². The Hall–Kier alpha value is -1.13. The van der Waals surface area contributed by atoms with Crippen molar-refractivity contribution in [2.24, 2.45) is 4.99 Å². The van der Waals surface area contributed by atoms with E-state index in [1.54, 1.807) is 24.3 Å². The first kappa shape index (κ1) is 21.9. The van der Waals surface area contributed by atoms with E-state index in [0.717, 1.165) is 23.0 Å². The van der Waals surface area contributed by atoms with Gasteiger partial charge in [-0.05, 0) is 46.8 Å². The summed E-state index contributed by atoms with van der Waals surface area (Å²) < 4.78 is 5.53. The first-order valence-corrected chi connectivity index (χ1v) is 8.88. The molecule has 0 aliphatic heterocycles. The van der Waals surface area contributed by atoms with Gasteiger partial charge in [-0.2, -0.15) is 0 Å². The first-order valence-electron chi connectivity index (χ1n) is 8.06. The number of aliphatic hydroxyl groups is 1. The molecule has 2 aromatic rings. The molecule has 2 heterocycles. The summed E-state index contributed by atoms with van der Waals surface area (Å²) in [5.41, 5.74) is -0.0574. The Labute approximate surface area is 170 Å². The fourth-order valence-corrected chi connectivity index (χ4v) is 3.02. The maximum Gasteiger partial charge on any atom is 0.191 e.